The molecule has 1 atom stereocenters. The van der Waals surface area contributed by atoms with Gasteiger partial charge in [0.05, 0.1) is 5.69 Å². The summed E-state index contributed by atoms with van der Waals surface area (Å²) < 4.78 is 32.0. The molecule has 19 heavy (non-hydrogen) atoms. The number of carbonyl (C=O) groups excluding carboxylic acids is 1. The summed E-state index contributed by atoms with van der Waals surface area (Å²) in [5, 5.41) is 0. The fourth-order valence-corrected chi connectivity index (χ4v) is 2.07. The van der Waals surface area contributed by atoms with Crippen LogP contribution in [0.2, 0.25) is 0 Å². The van der Waals surface area contributed by atoms with Crippen LogP contribution < -0.4 is 10.5 Å². The number of likely N-dealkylation sites (tertiary alicyclic amines) is 1. The van der Waals surface area contributed by atoms with Gasteiger partial charge in [0.15, 0.2) is 17.7 Å². The number of nitrogens with two attached hydrogens (primary N) is 1. The Morgan fingerprint density at radius 2 is 1.95 bits per heavy atom. The normalized spacial score (nSPS) is 16.5. The first-order chi connectivity index (χ1) is 8.99. The smallest absolute Gasteiger partial charge is 0.263 e. The Morgan fingerprint density at radius 3 is 2.58 bits per heavy atom. The van der Waals surface area contributed by atoms with Crippen molar-refractivity contribution in [1.82, 2.24) is 4.90 Å². The van der Waals surface area contributed by atoms with E-state index in [1.54, 1.807) is 4.90 Å². The van der Waals surface area contributed by atoms with Gasteiger partial charge in [0, 0.05) is 25.2 Å². The molecule has 1 unspecified atom stereocenters. The fourth-order valence-electron chi connectivity index (χ4n) is 2.07. The molecule has 1 fully saturated rings. The lowest BCUT2D eigenvalue weighted by Gasteiger charge is -2.21. The van der Waals surface area contributed by atoms with Crippen LogP contribution in [0.15, 0.2) is 12.1 Å². The minimum atomic E-state index is -0.851. The molecule has 1 aromatic carbocycles. The van der Waals surface area contributed by atoms with Crippen LogP contribution in [0.5, 0.6) is 5.75 Å². The second-order valence-electron chi connectivity index (χ2n) is 4.60. The second-order valence-corrected chi connectivity index (χ2v) is 4.60. The summed E-state index contributed by atoms with van der Waals surface area (Å²) in [4.78, 5) is 13.6. The molecular formula is C13H16F2N2O2. The highest BCUT2D eigenvalue weighted by Crippen LogP contribution is 2.24. The number of ether oxygens (including phenoxy) is 1. The maximum Gasteiger partial charge on any atom is 0.263 e. The van der Waals surface area contributed by atoms with E-state index >= 15 is 0 Å². The monoisotopic (exact) mass is 270 g/mol. The number of nitrogens with zero attached hydrogens (tertiary/aromatic N) is 1. The van der Waals surface area contributed by atoms with Crippen molar-refractivity contribution in [2.24, 2.45) is 0 Å². The summed E-state index contributed by atoms with van der Waals surface area (Å²) in [5.41, 5.74) is 4.95. The van der Waals surface area contributed by atoms with Crippen molar-refractivity contribution in [3.8, 4) is 5.75 Å². The molecule has 0 aliphatic carbocycles. The van der Waals surface area contributed by atoms with Gasteiger partial charge in [-0.2, -0.15) is 0 Å². The number of nitrogen functional groups attached to an aromatic ring is 1. The van der Waals surface area contributed by atoms with Crippen LogP contribution >= 0.6 is 0 Å². The number of benzene rings is 1. The molecule has 1 heterocycles. The van der Waals surface area contributed by atoms with Crippen molar-refractivity contribution in [3.05, 3.63) is 23.8 Å². The van der Waals surface area contributed by atoms with Crippen LogP contribution in [0.3, 0.4) is 0 Å². The van der Waals surface area contributed by atoms with Crippen LogP contribution in [0.1, 0.15) is 19.8 Å². The summed E-state index contributed by atoms with van der Waals surface area (Å²) in [6.07, 6.45) is 1.07. The van der Waals surface area contributed by atoms with Gasteiger partial charge < -0.3 is 15.4 Å². The molecule has 0 aromatic heterocycles. The summed E-state index contributed by atoms with van der Waals surface area (Å²) in [7, 11) is 0. The third-order valence-corrected chi connectivity index (χ3v) is 3.12. The summed E-state index contributed by atoms with van der Waals surface area (Å²) >= 11 is 0. The van der Waals surface area contributed by atoms with Crippen molar-refractivity contribution in [2.45, 2.75) is 25.9 Å². The second kappa shape index (κ2) is 5.42. The van der Waals surface area contributed by atoms with Crippen molar-refractivity contribution >= 4 is 11.6 Å². The van der Waals surface area contributed by atoms with Gasteiger partial charge in [0.1, 0.15) is 5.82 Å². The zero-order valence-corrected chi connectivity index (χ0v) is 10.7. The minimum absolute atomic E-state index is 0.214. The Labute approximate surface area is 110 Å². The lowest BCUT2D eigenvalue weighted by Crippen LogP contribution is -2.38. The van der Waals surface area contributed by atoms with Gasteiger partial charge in [-0.3, -0.25) is 4.79 Å². The van der Waals surface area contributed by atoms with Crippen LogP contribution in [0, 0.1) is 11.6 Å². The average molecular weight is 270 g/mol. The number of hydrogen-bond donors (Lipinski definition) is 1. The largest absolute Gasteiger partial charge is 0.478 e. The number of rotatable bonds is 3. The Bertz CT molecular complexity index is 488. The Balaban J connectivity index is 2.08. The standard InChI is InChI=1S/C13H16F2N2O2/c1-8(13(18)17-4-2-3-5-17)19-12-7-9(14)11(16)6-10(12)15/h6-8H,2-5,16H2,1H3. The first-order valence-electron chi connectivity index (χ1n) is 6.19. The molecule has 1 aliphatic heterocycles. The molecule has 6 heteroatoms. The predicted molar refractivity (Wildman–Crippen MR) is 66.7 cm³/mol. The lowest BCUT2D eigenvalue weighted by atomic mass is 10.2. The number of amides is 1. The zero-order valence-electron chi connectivity index (χ0n) is 10.7. The van der Waals surface area contributed by atoms with Gasteiger partial charge >= 0.3 is 0 Å². The summed E-state index contributed by atoms with van der Waals surface area (Å²) in [6.45, 7) is 2.89. The number of hydrogen-bond acceptors (Lipinski definition) is 3. The molecule has 0 bridgehead atoms. The van der Waals surface area contributed by atoms with Gasteiger partial charge in [-0.1, -0.05) is 0 Å². The van der Waals surface area contributed by atoms with E-state index in [1.165, 1.54) is 6.92 Å². The van der Waals surface area contributed by atoms with Gasteiger partial charge in [-0.05, 0) is 19.8 Å². The molecule has 104 valence electrons. The van der Waals surface area contributed by atoms with Crippen LogP contribution in [0.25, 0.3) is 0 Å². The number of carbonyl (C=O) groups is 1. The lowest BCUT2D eigenvalue weighted by molar-refractivity contribution is -0.136. The maximum absolute atomic E-state index is 13.5. The SMILES string of the molecule is CC(Oc1cc(F)c(N)cc1F)C(=O)N1CCCC1. The van der Waals surface area contributed by atoms with Gasteiger partial charge in [0.25, 0.3) is 5.91 Å². The first kappa shape index (κ1) is 13.6. The molecule has 1 saturated heterocycles. The molecule has 1 aromatic rings. The maximum atomic E-state index is 13.5. The molecular weight excluding hydrogens is 254 g/mol. The molecule has 1 aliphatic rings. The number of anilines is 1. The van der Waals surface area contributed by atoms with E-state index in [1.807, 2.05) is 0 Å². The van der Waals surface area contributed by atoms with Gasteiger partial charge in [0.2, 0.25) is 0 Å². The Hall–Kier alpha value is -1.85. The Kier molecular flexibility index (Phi) is 3.87. The third kappa shape index (κ3) is 2.94. The average Bonchev–Trinajstić information content (AvgIpc) is 2.88. The van der Waals surface area contributed by atoms with Crippen molar-refractivity contribution in [1.29, 1.82) is 0 Å². The highest BCUT2D eigenvalue weighted by molar-refractivity contribution is 5.81. The van der Waals surface area contributed by atoms with Crippen molar-refractivity contribution in [3.63, 3.8) is 0 Å². The van der Waals surface area contributed by atoms with Crippen molar-refractivity contribution in [2.75, 3.05) is 18.8 Å². The van der Waals surface area contributed by atoms with Crippen LogP contribution in [-0.2, 0) is 4.79 Å². The van der Waals surface area contributed by atoms with E-state index in [-0.39, 0.29) is 17.3 Å². The molecule has 0 saturated carbocycles. The molecule has 0 spiro atoms. The molecule has 4 nitrogen and oxygen atoms in total. The predicted octanol–water partition coefficient (Wildman–Crippen LogP) is 1.94. The minimum Gasteiger partial charge on any atom is -0.478 e. The fraction of sp³-hybridized carbons (Fsp3) is 0.462. The summed E-state index contributed by atoms with van der Waals surface area (Å²) in [5.74, 6) is -2.06. The van der Waals surface area contributed by atoms with E-state index in [0.29, 0.717) is 13.1 Å². The molecule has 0 radical (unpaired) electrons. The molecule has 2 N–H and O–H groups in total. The van der Waals surface area contributed by atoms with Crippen LogP contribution in [0.4, 0.5) is 14.5 Å². The summed E-state index contributed by atoms with van der Waals surface area (Å²) in [6, 6.07) is 1.70. The third-order valence-electron chi connectivity index (χ3n) is 3.12. The van der Waals surface area contributed by atoms with E-state index in [9.17, 15) is 13.6 Å². The van der Waals surface area contributed by atoms with Gasteiger partial charge in [-0.15, -0.1) is 0 Å². The molecule has 2 rings (SSSR count). The van der Waals surface area contributed by atoms with E-state index < -0.39 is 17.7 Å². The molecule has 1 amide bonds. The highest BCUT2D eigenvalue weighted by atomic mass is 19.1. The van der Waals surface area contributed by atoms with E-state index in [4.69, 9.17) is 10.5 Å². The van der Waals surface area contributed by atoms with E-state index in [2.05, 4.69) is 0 Å². The first-order valence-corrected chi connectivity index (χ1v) is 6.19. The Morgan fingerprint density at radius 1 is 1.32 bits per heavy atom. The van der Waals surface area contributed by atoms with Gasteiger partial charge in [-0.25, -0.2) is 8.78 Å². The zero-order chi connectivity index (χ0) is 14.0. The highest BCUT2D eigenvalue weighted by Gasteiger charge is 2.25. The van der Waals surface area contributed by atoms with Crippen molar-refractivity contribution < 1.29 is 18.3 Å². The van der Waals surface area contributed by atoms with Crippen LogP contribution in [-0.4, -0.2) is 30.0 Å². The number of halogens is 2. The van der Waals surface area contributed by atoms with E-state index in [0.717, 1.165) is 25.0 Å². The topological polar surface area (TPSA) is 55.6 Å². The quantitative estimate of drug-likeness (QED) is 0.854.